The molecule has 0 saturated carbocycles. The van der Waals surface area contributed by atoms with E-state index in [2.05, 4.69) is 194 Å². The van der Waals surface area contributed by atoms with E-state index >= 15 is 0 Å². The zero-order valence-corrected chi connectivity index (χ0v) is 32.4. The predicted molar refractivity (Wildman–Crippen MR) is 239 cm³/mol. The molecule has 2 heterocycles. The minimum Gasteiger partial charge on any atom is -0.277 e. The Bertz CT molecular complexity index is 3060. The molecular weight excluding hydrogens is 705 g/mol. The summed E-state index contributed by atoms with van der Waals surface area (Å²) in [6, 6.07) is 60.4. The van der Waals surface area contributed by atoms with E-state index in [1.807, 2.05) is 18.2 Å². The highest BCUT2D eigenvalue weighted by atomic mass is 15.2. The third-order valence-corrected chi connectivity index (χ3v) is 12.4. The summed E-state index contributed by atoms with van der Waals surface area (Å²) in [6.07, 6.45) is 9.15. The number of hydrogen-bond donors (Lipinski definition) is 0. The summed E-state index contributed by atoms with van der Waals surface area (Å²) in [7, 11) is 0. The van der Waals surface area contributed by atoms with Crippen LogP contribution in [0.4, 0.5) is 0 Å². The predicted octanol–water partition coefficient (Wildman–Crippen LogP) is 13.4. The quantitative estimate of drug-likeness (QED) is 0.170. The number of rotatable bonds is 6. The molecule has 2 aliphatic carbocycles. The molecule has 0 amide bonds. The van der Waals surface area contributed by atoms with Gasteiger partial charge in [-0.25, -0.2) is 4.98 Å². The first-order valence-corrected chi connectivity index (χ1v) is 20.1. The first kappa shape index (κ1) is 34.1. The number of nitrogens with zero attached hydrogens (tertiary/aromatic N) is 4. The van der Waals surface area contributed by atoms with Crippen LogP contribution in [0.25, 0.3) is 83.9 Å². The molecule has 4 heteroatoms. The van der Waals surface area contributed by atoms with Gasteiger partial charge in [0.2, 0.25) is 5.95 Å². The maximum Gasteiger partial charge on any atom is 0.238 e. The van der Waals surface area contributed by atoms with Gasteiger partial charge in [0.25, 0.3) is 0 Å². The van der Waals surface area contributed by atoms with Crippen LogP contribution in [0.2, 0.25) is 0 Å². The fraction of sp³-hybridized carbons (Fsp3) is 0.0926. The van der Waals surface area contributed by atoms with Crippen LogP contribution >= 0.6 is 0 Å². The summed E-state index contributed by atoms with van der Waals surface area (Å²) in [6.45, 7) is 4.77. The van der Waals surface area contributed by atoms with Crippen molar-refractivity contribution in [1.29, 1.82) is 0 Å². The highest BCUT2D eigenvalue weighted by molar-refractivity contribution is 6.13. The molecule has 0 spiro atoms. The van der Waals surface area contributed by atoms with Gasteiger partial charge in [0, 0.05) is 33.4 Å². The van der Waals surface area contributed by atoms with E-state index in [0.29, 0.717) is 29.4 Å². The van der Waals surface area contributed by atoms with Crippen molar-refractivity contribution in [2.24, 2.45) is 5.92 Å². The number of allylic oxidation sites excluding steroid dienone is 4. The van der Waals surface area contributed by atoms with Crippen LogP contribution in [0.15, 0.2) is 194 Å². The summed E-state index contributed by atoms with van der Waals surface area (Å²) in [5, 5.41) is 2.30. The smallest absolute Gasteiger partial charge is 0.238 e. The van der Waals surface area contributed by atoms with Crippen LogP contribution in [0.5, 0.6) is 0 Å². The van der Waals surface area contributed by atoms with Gasteiger partial charge in [0.15, 0.2) is 11.6 Å². The molecule has 0 saturated heterocycles. The average molecular weight is 745 g/mol. The molecule has 9 aromatic rings. The standard InChI is InChI=1S/C54H40N4/c1-54(2)47-22-11-9-18-43(47)44-33-32-41(34-48(44)54)37-26-30-40(31-27-37)52-55-51(39-16-7-4-8-17-39)56-53(57-52)58-49-23-12-10-19-45(49)46-21-13-20-42(50(46)58)38-28-24-36(25-29-38)35-14-5-3-6-15-35/h3-34,43,47H,1-2H3. The molecule has 4 nitrogen and oxygen atoms in total. The maximum absolute atomic E-state index is 5.30. The van der Waals surface area contributed by atoms with Gasteiger partial charge in [-0.15, -0.1) is 0 Å². The van der Waals surface area contributed by atoms with E-state index in [0.717, 1.165) is 44.1 Å². The second-order valence-corrected chi connectivity index (χ2v) is 16.1. The fourth-order valence-corrected chi connectivity index (χ4v) is 9.41. The van der Waals surface area contributed by atoms with Crippen LogP contribution in [0.1, 0.15) is 30.9 Å². The Morgan fingerprint density at radius 2 is 1.02 bits per heavy atom. The maximum atomic E-state index is 5.30. The van der Waals surface area contributed by atoms with Crippen LogP contribution in [-0.4, -0.2) is 19.5 Å². The Balaban J connectivity index is 1.05. The van der Waals surface area contributed by atoms with E-state index < -0.39 is 0 Å². The molecule has 276 valence electrons. The molecule has 2 atom stereocenters. The normalized spacial score (nSPS) is 16.4. The number of aromatic nitrogens is 4. The van der Waals surface area contributed by atoms with Gasteiger partial charge >= 0.3 is 0 Å². The summed E-state index contributed by atoms with van der Waals surface area (Å²) in [5.41, 5.74) is 13.9. The van der Waals surface area contributed by atoms with Gasteiger partial charge in [0.1, 0.15) is 0 Å². The Morgan fingerprint density at radius 3 is 1.76 bits per heavy atom. The molecular formula is C54H40N4. The van der Waals surface area contributed by atoms with Gasteiger partial charge in [-0.3, -0.25) is 4.57 Å². The topological polar surface area (TPSA) is 43.6 Å². The molecule has 11 rings (SSSR count). The second kappa shape index (κ2) is 13.5. The number of benzene rings is 7. The van der Waals surface area contributed by atoms with Gasteiger partial charge in [-0.2, -0.15) is 9.97 Å². The van der Waals surface area contributed by atoms with E-state index in [4.69, 9.17) is 15.0 Å². The molecule has 0 aliphatic heterocycles. The second-order valence-electron chi connectivity index (χ2n) is 16.1. The van der Waals surface area contributed by atoms with Crippen molar-refractivity contribution in [2.75, 3.05) is 0 Å². The van der Waals surface area contributed by atoms with Crippen molar-refractivity contribution >= 4 is 21.8 Å². The number of para-hydroxylation sites is 2. The molecule has 7 aromatic carbocycles. The van der Waals surface area contributed by atoms with E-state index in [1.165, 1.54) is 33.4 Å². The SMILES string of the molecule is CC1(C)c2cc(-c3ccc(-c4nc(-c5ccccc5)nc(-n5c6ccccc6c6cccc(-c7ccc(-c8ccccc8)cc7)c65)n4)cc3)ccc2C2C=CC=CC21. The van der Waals surface area contributed by atoms with Crippen molar-refractivity contribution in [3.63, 3.8) is 0 Å². The Hall–Kier alpha value is -7.17. The molecule has 2 unspecified atom stereocenters. The number of fused-ring (bicyclic) bond motifs is 6. The Morgan fingerprint density at radius 1 is 0.466 bits per heavy atom. The summed E-state index contributed by atoms with van der Waals surface area (Å²) < 4.78 is 2.23. The zero-order chi connectivity index (χ0) is 38.8. The minimum absolute atomic E-state index is 0.0601. The average Bonchev–Trinajstić information content (AvgIpc) is 3.75. The van der Waals surface area contributed by atoms with Gasteiger partial charge in [-0.1, -0.05) is 202 Å². The zero-order valence-electron chi connectivity index (χ0n) is 32.4. The third-order valence-electron chi connectivity index (χ3n) is 12.4. The fourth-order valence-electron chi connectivity index (χ4n) is 9.41. The van der Waals surface area contributed by atoms with Crippen molar-refractivity contribution < 1.29 is 0 Å². The molecule has 2 aliphatic rings. The van der Waals surface area contributed by atoms with Gasteiger partial charge in [0.05, 0.1) is 11.0 Å². The third kappa shape index (κ3) is 5.55. The molecule has 0 fully saturated rings. The molecule has 0 radical (unpaired) electrons. The van der Waals surface area contributed by atoms with Crippen molar-refractivity contribution in [2.45, 2.75) is 25.2 Å². The van der Waals surface area contributed by atoms with Gasteiger partial charge < -0.3 is 0 Å². The Labute approximate surface area is 338 Å². The van der Waals surface area contributed by atoms with E-state index in [1.54, 1.807) is 0 Å². The highest BCUT2D eigenvalue weighted by Crippen LogP contribution is 2.53. The lowest BCUT2D eigenvalue weighted by Crippen LogP contribution is -2.24. The summed E-state index contributed by atoms with van der Waals surface area (Å²) in [5.74, 6) is 2.76. The first-order valence-electron chi connectivity index (χ1n) is 20.1. The number of hydrogen-bond acceptors (Lipinski definition) is 3. The summed E-state index contributed by atoms with van der Waals surface area (Å²) >= 11 is 0. The van der Waals surface area contributed by atoms with E-state index in [9.17, 15) is 0 Å². The van der Waals surface area contributed by atoms with Crippen molar-refractivity contribution in [3.05, 3.63) is 205 Å². The highest BCUT2D eigenvalue weighted by Gasteiger charge is 2.44. The minimum atomic E-state index is 0.0601. The largest absolute Gasteiger partial charge is 0.277 e. The molecule has 58 heavy (non-hydrogen) atoms. The first-order chi connectivity index (χ1) is 28.5. The van der Waals surface area contributed by atoms with Crippen LogP contribution in [0, 0.1) is 5.92 Å². The van der Waals surface area contributed by atoms with Crippen molar-refractivity contribution in [1.82, 2.24) is 19.5 Å². The van der Waals surface area contributed by atoms with Crippen molar-refractivity contribution in [3.8, 4) is 62.1 Å². The lowest BCUT2D eigenvalue weighted by molar-refractivity contribution is 0.394. The van der Waals surface area contributed by atoms with E-state index in [-0.39, 0.29) is 5.41 Å². The molecule has 0 bridgehead atoms. The molecule has 2 aromatic heterocycles. The lowest BCUT2D eigenvalue weighted by Gasteiger charge is -2.29. The lowest BCUT2D eigenvalue weighted by atomic mass is 9.74. The Kier molecular flexibility index (Phi) is 7.94. The van der Waals surface area contributed by atoms with Crippen LogP contribution in [0.3, 0.4) is 0 Å². The van der Waals surface area contributed by atoms with Gasteiger partial charge in [-0.05, 0) is 56.3 Å². The van der Waals surface area contributed by atoms with Crippen LogP contribution < -0.4 is 0 Å². The molecule has 0 N–H and O–H groups in total. The summed E-state index contributed by atoms with van der Waals surface area (Å²) in [4.78, 5) is 15.7. The monoisotopic (exact) mass is 744 g/mol. The van der Waals surface area contributed by atoms with Crippen LogP contribution in [-0.2, 0) is 5.41 Å².